The number of likely N-dealkylation sites (N-methyl/N-ethyl adjacent to an activating group) is 1. The maximum Gasteiger partial charge on any atom is 0.390 e. The highest BCUT2D eigenvalue weighted by Gasteiger charge is 2.26. The number of aliphatic imine (C=N–C) groups is 1. The van der Waals surface area contributed by atoms with Gasteiger partial charge in [-0.1, -0.05) is 6.92 Å². The first-order chi connectivity index (χ1) is 10.3. The summed E-state index contributed by atoms with van der Waals surface area (Å²) in [6, 6.07) is 0. The number of nitrogens with zero attached hydrogens (tertiary/aromatic N) is 3. The fourth-order valence-electron chi connectivity index (χ4n) is 2.35. The molecule has 5 nitrogen and oxygen atoms in total. The normalized spacial score (nSPS) is 20.0. The molecule has 1 saturated heterocycles. The average molecular weight is 323 g/mol. The number of guanidine groups is 1. The third-order valence-corrected chi connectivity index (χ3v) is 3.71. The number of piperazine rings is 1. The molecule has 0 radical (unpaired) electrons. The Labute approximate surface area is 130 Å². The summed E-state index contributed by atoms with van der Waals surface area (Å²) in [5.41, 5.74) is 0. The van der Waals surface area contributed by atoms with Crippen LogP contribution in [0.1, 0.15) is 13.3 Å². The largest absolute Gasteiger partial charge is 0.390 e. The highest BCUT2D eigenvalue weighted by Crippen LogP contribution is 2.18. The van der Waals surface area contributed by atoms with E-state index in [-0.39, 0.29) is 6.54 Å². The average Bonchev–Trinajstić information content (AvgIpc) is 2.44. The summed E-state index contributed by atoms with van der Waals surface area (Å²) in [6.45, 7) is 7.96. The van der Waals surface area contributed by atoms with E-state index in [0.717, 1.165) is 32.7 Å². The van der Waals surface area contributed by atoms with Crippen molar-refractivity contribution in [1.82, 2.24) is 20.4 Å². The first-order valence-electron chi connectivity index (χ1n) is 7.72. The van der Waals surface area contributed by atoms with Crippen LogP contribution >= 0.6 is 0 Å². The van der Waals surface area contributed by atoms with Crippen molar-refractivity contribution in [3.8, 4) is 0 Å². The third kappa shape index (κ3) is 8.43. The first-order valence-corrected chi connectivity index (χ1v) is 7.72. The lowest BCUT2D eigenvalue weighted by Crippen LogP contribution is -2.47. The minimum absolute atomic E-state index is 0.157. The number of nitrogens with one attached hydrogen (secondary N) is 2. The lowest BCUT2D eigenvalue weighted by Gasteiger charge is -2.34. The van der Waals surface area contributed by atoms with Crippen LogP contribution in [-0.4, -0.2) is 81.8 Å². The summed E-state index contributed by atoms with van der Waals surface area (Å²) >= 11 is 0. The van der Waals surface area contributed by atoms with Gasteiger partial charge in [-0.25, -0.2) is 0 Å². The van der Waals surface area contributed by atoms with Gasteiger partial charge in [0, 0.05) is 52.9 Å². The van der Waals surface area contributed by atoms with Gasteiger partial charge in [-0.3, -0.25) is 4.99 Å². The maximum atomic E-state index is 12.1. The number of hydrogen-bond donors (Lipinski definition) is 2. The van der Waals surface area contributed by atoms with E-state index in [1.54, 1.807) is 7.05 Å². The molecule has 8 heteroatoms. The molecule has 2 N–H and O–H groups in total. The van der Waals surface area contributed by atoms with Crippen LogP contribution in [0.2, 0.25) is 0 Å². The van der Waals surface area contributed by atoms with E-state index in [4.69, 9.17) is 0 Å². The molecule has 0 aromatic heterocycles. The molecule has 22 heavy (non-hydrogen) atoms. The van der Waals surface area contributed by atoms with Crippen LogP contribution in [-0.2, 0) is 0 Å². The van der Waals surface area contributed by atoms with Crippen molar-refractivity contribution < 1.29 is 13.2 Å². The second kappa shape index (κ2) is 9.19. The van der Waals surface area contributed by atoms with Gasteiger partial charge in [-0.2, -0.15) is 13.2 Å². The molecule has 1 fully saturated rings. The van der Waals surface area contributed by atoms with Crippen molar-refractivity contribution in [3.63, 3.8) is 0 Å². The molecule has 0 aromatic carbocycles. The van der Waals surface area contributed by atoms with E-state index in [1.165, 1.54) is 0 Å². The molecule has 1 atom stereocenters. The first kappa shape index (κ1) is 19.0. The predicted octanol–water partition coefficient (Wildman–Crippen LogP) is 0.987. The van der Waals surface area contributed by atoms with Crippen molar-refractivity contribution in [2.45, 2.75) is 19.5 Å². The van der Waals surface area contributed by atoms with Crippen molar-refractivity contribution in [1.29, 1.82) is 0 Å². The Morgan fingerprint density at radius 3 is 2.36 bits per heavy atom. The molecule has 0 aliphatic carbocycles. The van der Waals surface area contributed by atoms with Crippen LogP contribution in [0.25, 0.3) is 0 Å². The fraction of sp³-hybridized carbons (Fsp3) is 0.929. The van der Waals surface area contributed by atoms with E-state index in [2.05, 4.69) is 39.4 Å². The van der Waals surface area contributed by atoms with Crippen LogP contribution in [0.15, 0.2) is 4.99 Å². The van der Waals surface area contributed by atoms with Crippen LogP contribution < -0.4 is 10.6 Å². The van der Waals surface area contributed by atoms with Crippen LogP contribution in [0.4, 0.5) is 13.2 Å². The predicted molar refractivity (Wildman–Crippen MR) is 83.1 cm³/mol. The summed E-state index contributed by atoms with van der Waals surface area (Å²) in [5, 5.41) is 5.78. The second-order valence-electron chi connectivity index (χ2n) is 5.95. The van der Waals surface area contributed by atoms with Gasteiger partial charge in [-0.15, -0.1) is 0 Å². The van der Waals surface area contributed by atoms with Crippen LogP contribution in [0.3, 0.4) is 0 Å². The number of halogens is 3. The highest BCUT2D eigenvalue weighted by molar-refractivity contribution is 5.79. The molecular formula is C14H28F3N5. The summed E-state index contributed by atoms with van der Waals surface area (Å²) in [4.78, 5) is 8.68. The molecule has 1 aliphatic heterocycles. The van der Waals surface area contributed by atoms with Crippen molar-refractivity contribution in [2.75, 3.05) is 59.9 Å². The summed E-state index contributed by atoms with van der Waals surface area (Å²) in [6.07, 6.45) is -4.99. The standard InChI is InChI=1S/C14H28F3N5/c1-12(11-22-8-6-21(3)7-9-22)10-20-13(18-2)19-5-4-14(15,16)17/h12H,4-11H2,1-3H3,(H2,18,19,20). The van der Waals surface area contributed by atoms with Gasteiger partial charge in [0.2, 0.25) is 0 Å². The van der Waals surface area contributed by atoms with Gasteiger partial charge in [0.25, 0.3) is 0 Å². The Bertz CT molecular complexity index is 338. The molecule has 0 amide bonds. The van der Waals surface area contributed by atoms with E-state index in [9.17, 15) is 13.2 Å². The smallest absolute Gasteiger partial charge is 0.356 e. The van der Waals surface area contributed by atoms with Crippen molar-refractivity contribution >= 4 is 5.96 Å². The number of rotatable bonds is 6. The van der Waals surface area contributed by atoms with Gasteiger partial charge in [0.05, 0.1) is 6.42 Å². The SMILES string of the molecule is CN=C(NCCC(F)(F)F)NCC(C)CN1CCN(C)CC1. The fourth-order valence-corrected chi connectivity index (χ4v) is 2.35. The van der Waals surface area contributed by atoms with Gasteiger partial charge in [-0.05, 0) is 13.0 Å². The molecular weight excluding hydrogens is 295 g/mol. The lowest BCUT2D eigenvalue weighted by molar-refractivity contribution is -0.132. The third-order valence-electron chi connectivity index (χ3n) is 3.71. The maximum absolute atomic E-state index is 12.1. The molecule has 0 spiro atoms. The minimum atomic E-state index is -4.14. The number of alkyl halides is 3. The highest BCUT2D eigenvalue weighted by atomic mass is 19.4. The summed E-state index contributed by atoms with van der Waals surface area (Å²) < 4.78 is 36.3. The van der Waals surface area contributed by atoms with Crippen LogP contribution in [0.5, 0.6) is 0 Å². The van der Waals surface area contributed by atoms with Gasteiger partial charge >= 0.3 is 6.18 Å². The molecule has 130 valence electrons. The summed E-state index contributed by atoms with van der Waals surface area (Å²) in [5.74, 6) is 0.832. The molecule has 1 heterocycles. The molecule has 1 rings (SSSR count). The molecule has 1 aliphatic rings. The monoisotopic (exact) mass is 323 g/mol. The van der Waals surface area contributed by atoms with Gasteiger partial charge in [0.1, 0.15) is 0 Å². The summed E-state index contributed by atoms with van der Waals surface area (Å²) in [7, 11) is 3.69. The zero-order valence-corrected chi connectivity index (χ0v) is 13.7. The Morgan fingerprint density at radius 2 is 1.82 bits per heavy atom. The lowest BCUT2D eigenvalue weighted by atomic mass is 10.1. The van der Waals surface area contributed by atoms with Crippen molar-refractivity contribution in [3.05, 3.63) is 0 Å². The van der Waals surface area contributed by atoms with E-state index in [1.807, 2.05) is 0 Å². The second-order valence-corrected chi connectivity index (χ2v) is 5.95. The van der Waals surface area contributed by atoms with E-state index < -0.39 is 12.6 Å². The van der Waals surface area contributed by atoms with E-state index in [0.29, 0.717) is 18.4 Å². The zero-order chi connectivity index (χ0) is 16.6. The minimum Gasteiger partial charge on any atom is -0.356 e. The molecule has 0 saturated carbocycles. The Hall–Kier alpha value is -1.02. The Balaban J connectivity index is 2.19. The topological polar surface area (TPSA) is 42.9 Å². The Morgan fingerprint density at radius 1 is 1.18 bits per heavy atom. The zero-order valence-electron chi connectivity index (χ0n) is 13.7. The van der Waals surface area contributed by atoms with Gasteiger partial charge < -0.3 is 20.4 Å². The van der Waals surface area contributed by atoms with E-state index >= 15 is 0 Å². The van der Waals surface area contributed by atoms with Gasteiger partial charge in [0.15, 0.2) is 5.96 Å². The molecule has 1 unspecified atom stereocenters. The number of hydrogen-bond acceptors (Lipinski definition) is 3. The molecule has 0 bridgehead atoms. The molecule has 0 aromatic rings. The quantitative estimate of drug-likeness (QED) is 0.565. The van der Waals surface area contributed by atoms with Crippen LogP contribution in [0, 0.1) is 5.92 Å². The Kier molecular flexibility index (Phi) is 7.95. The van der Waals surface area contributed by atoms with Crippen molar-refractivity contribution in [2.24, 2.45) is 10.9 Å².